The molecular weight excluding hydrogens is 262 g/mol. The fourth-order valence-electron chi connectivity index (χ4n) is 2.17. The third kappa shape index (κ3) is 3.16. The molecule has 2 rings (SSSR count). The van der Waals surface area contributed by atoms with Crippen molar-refractivity contribution >= 4 is 11.7 Å². The Labute approximate surface area is 116 Å². The van der Waals surface area contributed by atoms with Gasteiger partial charge in [-0.2, -0.15) is 5.10 Å². The van der Waals surface area contributed by atoms with Crippen molar-refractivity contribution in [2.45, 2.75) is 38.5 Å². The van der Waals surface area contributed by atoms with Gasteiger partial charge < -0.3 is 14.7 Å². The molecule has 2 heterocycles. The molecule has 110 valence electrons. The number of hydrogen-bond donors (Lipinski definition) is 1. The highest BCUT2D eigenvalue weighted by atomic mass is 16.5. The molecule has 0 aromatic carbocycles. The molecule has 0 radical (unpaired) electrons. The maximum atomic E-state index is 12.0. The Balaban J connectivity index is 2.04. The van der Waals surface area contributed by atoms with Crippen LogP contribution in [0.3, 0.4) is 0 Å². The Morgan fingerprint density at radius 2 is 2.35 bits per heavy atom. The van der Waals surface area contributed by atoms with Crippen LogP contribution in [0.1, 0.15) is 19.8 Å². The fourth-order valence-corrected chi connectivity index (χ4v) is 2.17. The number of anilines is 1. The number of carbonyl (C=O) groups is 1. The Morgan fingerprint density at radius 3 is 2.90 bits per heavy atom. The van der Waals surface area contributed by atoms with E-state index in [0.717, 1.165) is 12.2 Å². The van der Waals surface area contributed by atoms with Crippen LogP contribution in [0, 0.1) is 0 Å². The number of carboxylic acid groups (broad SMARTS) is 1. The molecule has 1 aliphatic rings. The van der Waals surface area contributed by atoms with Gasteiger partial charge in [-0.05, 0) is 19.8 Å². The molecule has 1 aromatic heterocycles. The topological polar surface area (TPSA) is 84.7 Å². The molecule has 1 aliphatic heterocycles. The van der Waals surface area contributed by atoms with Gasteiger partial charge in [-0.15, -0.1) is 0 Å². The number of nitrogens with zero attached hydrogens (tertiary/aromatic N) is 3. The SMILES string of the molecule is CCN(C)c1cnn(CC2CCC(C(=O)O)O2)c(=O)c1. The molecule has 1 N–H and O–H groups in total. The number of aromatic nitrogens is 2. The average Bonchev–Trinajstić information content (AvgIpc) is 2.89. The largest absolute Gasteiger partial charge is 0.479 e. The lowest BCUT2D eigenvalue weighted by molar-refractivity contribution is -0.149. The predicted molar refractivity (Wildman–Crippen MR) is 73.0 cm³/mol. The molecule has 1 aromatic rings. The van der Waals surface area contributed by atoms with E-state index in [-0.39, 0.29) is 11.7 Å². The monoisotopic (exact) mass is 281 g/mol. The van der Waals surface area contributed by atoms with Gasteiger partial charge in [0.15, 0.2) is 6.10 Å². The van der Waals surface area contributed by atoms with Crippen molar-refractivity contribution in [1.29, 1.82) is 0 Å². The minimum atomic E-state index is -0.951. The molecule has 1 fully saturated rings. The van der Waals surface area contributed by atoms with E-state index in [4.69, 9.17) is 9.84 Å². The van der Waals surface area contributed by atoms with Gasteiger partial charge in [0.1, 0.15) is 0 Å². The van der Waals surface area contributed by atoms with Crippen molar-refractivity contribution in [1.82, 2.24) is 9.78 Å². The lowest BCUT2D eigenvalue weighted by Gasteiger charge is -2.17. The van der Waals surface area contributed by atoms with Crippen molar-refractivity contribution in [3.63, 3.8) is 0 Å². The van der Waals surface area contributed by atoms with Crippen molar-refractivity contribution in [2.24, 2.45) is 0 Å². The quantitative estimate of drug-likeness (QED) is 0.837. The van der Waals surface area contributed by atoms with Crippen LogP contribution in [-0.2, 0) is 16.1 Å². The molecule has 0 amide bonds. The van der Waals surface area contributed by atoms with Gasteiger partial charge >= 0.3 is 5.97 Å². The summed E-state index contributed by atoms with van der Waals surface area (Å²) in [5.74, 6) is -0.951. The summed E-state index contributed by atoms with van der Waals surface area (Å²) in [7, 11) is 1.89. The summed E-state index contributed by atoms with van der Waals surface area (Å²) >= 11 is 0. The number of ether oxygens (including phenoxy) is 1. The second-order valence-electron chi connectivity index (χ2n) is 4.91. The minimum absolute atomic E-state index is 0.204. The van der Waals surface area contributed by atoms with Crippen LogP contribution in [-0.4, -0.2) is 46.7 Å². The van der Waals surface area contributed by atoms with Gasteiger partial charge in [0.25, 0.3) is 5.56 Å². The highest BCUT2D eigenvalue weighted by Gasteiger charge is 2.30. The van der Waals surface area contributed by atoms with E-state index >= 15 is 0 Å². The van der Waals surface area contributed by atoms with Gasteiger partial charge in [0.2, 0.25) is 0 Å². The number of rotatable bonds is 5. The molecule has 2 atom stereocenters. The van der Waals surface area contributed by atoms with Gasteiger partial charge in [-0.1, -0.05) is 0 Å². The molecule has 0 aliphatic carbocycles. The van der Waals surface area contributed by atoms with Crippen LogP contribution in [0.25, 0.3) is 0 Å². The molecule has 0 saturated carbocycles. The smallest absolute Gasteiger partial charge is 0.332 e. The second-order valence-corrected chi connectivity index (χ2v) is 4.91. The first-order valence-electron chi connectivity index (χ1n) is 6.67. The van der Waals surface area contributed by atoms with E-state index in [0.29, 0.717) is 19.4 Å². The van der Waals surface area contributed by atoms with Gasteiger partial charge in [0, 0.05) is 19.7 Å². The second kappa shape index (κ2) is 6.04. The van der Waals surface area contributed by atoms with E-state index in [1.54, 1.807) is 6.20 Å². The van der Waals surface area contributed by atoms with Crippen LogP contribution in [0.2, 0.25) is 0 Å². The zero-order chi connectivity index (χ0) is 14.7. The summed E-state index contributed by atoms with van der Waals surface area (Å²) in [6, 6.07) is 1.53. The first-order chi connectivity index (χ1) is 9.51. The van der Waals surface area contributed by atoms with E-state index in [1.165, 1.54) is 10.7 Å². The molecule has 0 spiro atoms. The third-order valence-electron chi connectivity index (χ3n) is 3.53. The Hall–Kier alpha value is -1.89. The number of aliphatic carboxylic acids is 1. The molecule has 0 bridgehead atoms. The summed E-state index contributed by atoms with van der Waals surface area (Å²) < 4.78 is 6.69. The summed E-state index contributed by atoms with van der Waals surface area (Å²) in [6.07, 6.45) is 1.71. The van der Waals surface area contributed by atoms with Crippen molar-refractivity contribution < 1.29 is 14.6 Å². The zero-order valence-electron chi connectivity index (χ0n) is 11.7. The number of hydrogen-bond acceptors (Lipinski definition) is 5. The summed E-state index contributed by atoms with van der Waals surface area (Å²) in [5, 5.41) is 13.0. The average molecular weight is 281 g/mol. The normalized spacial score (nSPS) is 21.9. The Kier molecular flexibility index (Phi) is 4.39. The molecule has 1 saturated heterocycles. The van der Waals surface area contributed by atoms with Crippen LogP contribution in [0.15, 0.2) is 17.1 Å². The van der Waals surface area contributed by atoms with Gasteiger partial charge in [-0.25, -0.2) is 9.48 Å². The highest BCUT2D eigenvalue weighted by molar-refractivity contribution is 5.72. The summed E-state index contributed by atoms with van der Waals surface area (Å²) in [4.78, 5) is 24.7. The van der Waals surface area contributed by atoms with Crippen LogP contribution >= 0.6 is 0 Å². The molecule has 2 unspecified atom stereocenters. The zero-order valence-corrected chi connectivity index (χ0v) is 11.7. The molecular formula is C13H19N3O4. The first kappa shape index (κ1) is 14.5. The standard InChI is InChI=1S/C13H19N3O4/c1-3-15(2)9-6-12(17)16(14-7-9)8-10-4-5-11(20-10)13(18)19/h6-7,10-11H,3-5,8H2,1-2H3,(H,18,19). The van der Waals surface area contributed by atoms with Crippen LogP contribution < -0.4 is 10.5 Å². The minimum Gasteiger partial charge on any atom is -0.479 e. The van der Waals surface area contributed by atoms with Crippen molar-refractivity contribution in [3.05, 3.63) is 22.6 Å². The maximum absolute atomic E-state index is 12.0. The molecule has 7 nitrogen and oxygen atoms in total. The van der Waals surface area contributed by atoms with E-state index in [2.05, 4.69) is 5.10 Å². The van der Waals surface area contributed by atoms with E-state index in [9.17, 15) is 9.59 Å². The summed E-state index contributed by atoms with van der Waals surface area (Å²) in [6.45, 7) is 3.07. The first-order valence-corrected chi connectivity index (χ1v) is 6.67. The van der Waals surface area contributed by atoms with E-state index in [1.807, 2.05) is 18.9 Å². The van der Waals surface area contributed by atoms with Gasteiger partial charge in [-0.3, -0.25) is 4.79 Å². The summed E-state index contributed by atoms with van der Waals surface area (Å²) in [5.41, 5.74) is 0.565. The Bertz CT molecular complexity index is 543. The lowest BCUT2D eigenvalue weighted by Crippen LogP contribution is -2.30. The fraction of sp³-hybridized carbons (Fsp3) is 0.615. The number of carboxylic acids is 1. The van der Waals surface area contributed by atoms with Crippen molar-refractivity contribution in [3.8, 4) is 0 Å². The maximum Gasteiger partial charge on any atom is 0.332 e. The highest BCUT2D eigenvalue weighted by Crippen LogP contribution is 2.20. The van der Waals surface area contributed by atoms with Crippen LogP contribution in [0.5, 0.6) is 0 Å². The molecule has 20 heavy (non-hydrogen) atoms. The molecule has 7 heteroatoms. The Morgan fingerprint density at radius 1 is 1.60 bits per heavy atom. The predicted octanol–water partition coefficient (Wildman–Crippen LogP) is 0.332. The van der Waals surface area contributed by atoms with Crippen molar-refractivity contribution in [2.75, 3.05) is 18.5 Å². The van der Waals surface area contributed by atoms with Crippen LogP contribution in [0.4, 0.5) is 5.69 Å². The van der Waals surface area contributed by atoms with E-state index < -0.39 is 12.1 Å². The lowest BCUT2D eigenvalue weighted by atomic mass is 10.2. The van der Waals surface area contributed by atoms with Gasteiger partial charge in [0.05, 0.1) is 24.5 Å². The third-order valence-corrected chi connectivity index (χ3v) is 3.53.